The van der Waals surface area contributed by atoms with Crippen molar-refractivity contribution in [3.63, 3.8) is 0 Å². The number of carbonyl (C=O) groups is 2. The summed E-state index contributed by atoms with van der Waals surface area (Å²) in [6.07, 6.45) is 0.752. The Balaban J connectivity index is 1.58. The number of non-ortho nitro benzene ring substituents is 1. The normalized spacial score (nSPS) is 17.7. The van der Waals surface area contributed by atoms with E-state index in [1.165, 1.54) is 17.1 Å². The van der Waals surface area contributed by atoms with E-state index in [2.05, 4.69) is 4.90 Å². The number of nitro benzene ring substituents is 1. The summed E-state index contributed by atoms with van der Waals surface area (Å²) in [6, 6.07) is 13.3. The van der Waals surface area contributed by atoms with Crippen molar-refractivity contribution in [2.75, 3.05) is 53.0 Å². The van der Waals surface area contributed by atoms with Gasteiger partial charge < -0.3 is 14.4 Å². The molecule has 2 aliphatic heterocycles. The van der Waals surface area contributed by atoms with E-state index in [-0.39, 0.29) is 29.5 Å². The monoisotopic (exact) mass is 565 g/mol. The van der Waals surface area contributed by atoms with E-state index in [0.29, 0.717) is 56.2 Å². The maximum absolute atomic E-state index is 13.9. The van der Waals surface area contributed by atoms with E-state index in [9.17, 15) is 19.7 Å². The van der Waals surface area contributed by atoms with Gasteiger partial charge in [0.2, 0.25) is 5.91 Å². The van der Waals surface area contributed by atoms with Gasteiger partial charge in [0.25, 0.3) is 11.6 Å². The first-order valence-corrected chi connectivity index (χ1v) is 13.9. The molecule has 1 unspecified atom stereocenters. The fraction of sp³-hybridized carbons (Fsp3) is 0.500. The predicted molar refractivity (Wildman–Crippen MR) is 155 cm³/mol. The second kappa shape index (κ2) is 13.2. The highest BCUT2D eigenvalue weighted by Gasteiger charge is 2.35. The standard InChI is InChI=1S/C30H39N5O6/c1-30(2,3)20-28(36)33(14-13-32-15-17-41-18-16-32)21-29(37)34-27(23-7-11-25(40-4)12-8-23)19-26(31-34)22-5-9-24(10-6-22)35(38)39/h5-12,27H,13-21H2,1-4H3. The minimum atomic E-state index is -0.448. The summed E-state index contributed by atoms with van der Waals surface area (Å²) in [5.41, 5.74) is 1.99. The topological polar surface area (TPSA) is 118 Å². The number of morpholine rings is 1. The molecule has 2 aromatic carbocycles. The van der Waals surface area contributed by atoms with Crippen molar-refractivity contribution in [3.05, 3.63) is 69.8 Å². The Morgan fingerprint density at radius 2 is 1.76 bits per heavy atom. The molecule has 2 amide bonds. The van der Waals surface area contributed by atoms with Gasteiger partial charge in [-0.15, -0.1) is 0 Å². The van der Waals surface area contributed by atoms with Gasteiger partial charge in [0.05, 0.1) is 37.0 Å². The van der Waals surface area contributed by atoms with Crippen LogP contribution in [0.1, 0.15) is 50.8 Å². The number of nitrogens with zero attached hydrogens (tertiary/aromatic N) is 5. The van der Waals surface area contributed by atoms with Gasteiger partial charge in [-0.2, -0.15) is 5.10 Å². The van der Waals surface area contributed by atoms with Crippen molar-refractivity contribution in [2.45, 2.75) is 39.7 Å². The fourth-order valence-electron chi connectivity index (χ4n) is 4.96. The second-order valence-corrected chi connectivity index (χ2v) is 11.6. The van der Waals surface area contributed by atoms with E-state index in [4.69, 9.17) is 14.6 Å². The van der Waals surface area contributed by atoms with E-state index in [1.54, 1.807) is 24.1 Å². The van der Waals surface area contributed by atoms with E-state index >= 15 is 0 Å². The molecule has 0 saturated carbocycles. The number of hydrogen-bond acceptors (Lipinski definition) is 8. The van der Waals surface area contributed by atoms with E-state index < -0.39 is 11.0 Å². The molecule has 4 rings (SSSR count). The molecular formula is C30H39N5O6. The Morgan fingerprint density at radius 3 is 2.34 bits per heavy atom. The quantitative estimate of drug-likeness (QED) is 0.317. The lowest BCUT2D eigenvalue weighted by Gasteiger charge is -2.32. The predicted octanol–water partition coefficient (Wildman–Crippen LogP) is 3.88. The smallest absolute Gasteiger partial charge is 0.269 e. The van der Waals surface area contributed by atoms with Crippen molar-refractivity contribution < 1.29 is 24.0 Å². The van der Waals surface area contributed by atoms with Gasteiger partial charge >= 0.3 is 0 Å². The third-order valence-electron chi connectivity index (χ3n) is 7.23. The third-order valence-corrected chi connectivity index (χ3v) is 7.23. The van der Waals surface area contributed by atoms with Gasteiger partial charge in [0.1, 0.15) is 12.3 Å². The lowest BCUT2D eigenvalue weighted by molar-refractivity contribution is -0.384. The highest BCUT2D eigenvalue weighted by molar-refractivity contribution is 6.03. The summed E-state index contributed by atoms with van der Waals surface area (Å²) < 4.78 is 10.7. The Morgan fingerprint density at radius 1 is 1.10 bits per heavy atom. The lowest BCUT2D eigenvalue weighted by Crippen LogP contribution is -2.47. The molecule has 0 N–H and O–H groups in total. The SMILES string of the molecule is COc1ccc(C2CC(c3ccc([N+](=O)[O-])cc3)=NN2C(=O)CN(CCN2CCOCC2)C(=O)CC(C)(C)C)cc1. The highest BCUT2D eigenvalue weighted by atomic mass is 16.6. The van der Waals surface area contributed by atoms with Crippen LogP contribution in [0.3, 0.4) is 0 Å². The van der Waals surface area contributed by atoms with Crippen LogP contribution in [-0.4, -0.2) is 90.3 Å². The van der Waals surface area contributed by atoms with Crippen LogP contribution in [-0.2, 0) is 14.3 Å². The molecule has 41 heavy (non-hydrogen) atoms. The molecule has 11 nitrogen and oxygen atoms in total. The first-order valence-electron chi connectivity index (χ1n) is 13.9. The number of ether oxygens (including phenoxy) is 2. The zero-order valence-corrected chi connectivity index (χ0v) is 24.2. The summed E-state index contributed by atoms with van der Waals surface area (Å²) >= 11 is 0. The number of hydrogen-bond donors (Lipinski definition) is 0. The van der Waals surface area contributed by atoms with Crippen LogP contribution < -0.4 is 4.74 Å². The number of hydrazone groups is 1. The average Bonchev–Trinajstić information content (AvgIpc) is 3.40. The molecule has 1 saturated heterocycles. The maximum Gasteiger partial charge on any atom is 0.269 e. The van der Waals surface area contributed by atoms with Crippen LogP contribution >= 0.6 is 0 Å². The summed E-state index contributed by atoms with van der Waals surface area (Å²) in [7, 11) is 1.59. The van der Waals surface area contributed by atoms with E-state index in [1.807, 2.05) is 45.0 Å². The molecule has 11 heteroatoms. The van der Waals surface area contributed by atoms with Gasteiger partial charge in [0.15, 0.2) is 0 Å². The summed E-state index contributed by atoms with van der Waals surface area (Å²) in [5.74, 6) is 0.342. The molecule has 1 atom stereocenters. The van der Waals surface area contributed by atoms with Gasteiger partial charge in [-0.1, -0.05) is 32.9 Å². The van der Waals surface area contributed by atoms with Crippen molar-refractivity contribution >= 4 is 23.2 Å². The number of amides is 2. The number of rotatable bonds is 10. The first kappa shape index (κ1) is 30.1. The van der Waals surface area contributed by atoms with Gasteiger partial charge in [-0.05, 0) is 40.8 Å². The Labute approximate surface area is 240 Å². The Hall–Kier alpha value is -3.83. The van der Waals surface area contributed by atoms with Crippen LogP contribution in [0.5, 0.6) is 5.75 Å². The number of nitro groups is 1. The lowest BCUT2D eigenvalue weighted by atomic mass is 9.91. The fourth-order valence-corrected chi connectivity index (χ4v) is 4.96. The summed E-state index contributed by atoms with van der Waals surface area (Å²) in [4.78, 5) is 41.8. The number of benzene rings is 2. The molecule has 0 aromatic heterocycles. The van der Waals surface area contributed by atoms with Crippen LogP contribution in [0.25, 0.3) is 0 Å². The Kier molecular flexibility index (Phi) is 9.72. The zero-order valence-electron chi connectivity index (χ0n) is 24.2. The summed E-state index contributed by atoms with van der Waals surface area (Å²) in [5, 5.41) is 17.3. The number of carbonyl (C=O) groups excluding carboxylic acids is 2. The maximum atomic E-state index is 13.9. The molecular weight excluding hydrogens is 526 g/mol. The van der Waals surface area contributed by atoms with Crippen molar-refractivity contribution in [1.29, 1.82) is 0 Å². The van der Waals surface area contributed by atoms with Crippen LogP contribution in [0, 0.1) is 15.5 Å². The zero-order chi connectivity index (χ0) is 29.6. The van der Waals surface area contributed by atoms with Crippen molar-refractivity contribution in [2.24, 2.45) is 10.5 Å². The Bertz CT molecular complexity index is 1250. The molecule has 2 heterocycles. The first-order chi connectivity index (χ1) is 19.5. The number of methoxy groups -OCH3 is 1. The second-order valence-electron chi connectivity index (χ2n) is 11.6. The highest BCUT2D eigenvalue weighted by Crippen LogP contribution is 2.34. The largest absolute Gasteiger partial charge is 0.497 e. The van der Waals surface area contributed by atoms with Gasteiger partial charge in [-0.25, -0.2) is 5.01 Å². The summed E-state index contributed by atoms with van der Waals surface area (Å²) in [6.45, 7) is 9.93. The van der Waals surface area contributed by atoms with Crippen molar-refractivity contribution in [1.82, 2.24) is 14.8 Å². The molecule has 2 aliphatic rings. The van der Waals surface area contributed by atoms with Gasteiger partial charge in [0, 0.05) is 51.2 Å². The van der Waals surface area contributed by atoms with Crippen molar-refractivity contribution in [3.8, 4) is 5.75 Å². The third kappa shape index (κ3) is 8.11. The molecule has 220 valence electrons. The van der Waals surface area contributed by atoms with E-state index in [0.717, 1.165) is 18.7 Å². The van der Waals surface area contributed by atoms with Crippen LogP contribution in [0.4, 0.5) is 5.69 Å². The molecule has 0 bridgehead atoms. The van der Waals surface area contributed by atoms with Gasteiger partial charge in [-0.3, -0.25) is 24.6 Å². The minimum Gasteiger partial charge on any atom is -0.497 e. The van der Waals surface area contributed by atoms with Crippen LogP contribution in [0.2, 0.25) is 0 Å². The molecule has 1 fully saturated rings. The minimum absolute atomic E-state index is 0.0137. The molecule has 0 aliphatic carbocycles. The average molecular weight is 566 g/mol. The van der Waals surface area contributed by atoms with Crippen LogP contribution in [0.15, 0.2) is 53.6 Å². The molecule has 0 spiro atoms. The molecule has 2 aromatic rings. The molecule has 0 radical (unpaired) electrons.